The van der Waals surface area contributed by atoms with E-state index < -0.39 is 5.41 Å². The monoisotopic (exact) mass is 431 g/mol. The van der Waals surface area contributed by atoms with Gasteiger partial charge < -0.3 is 15.2 Å². The highest BCUT2D eigenvalue weighted by Gasteiger charge is 2.43. The van der Waals surface area contributed by atoms with Crippen LogP contribution >= 0.6 is 0 Å². The summed E-state index contributed by atoms with van der Waals surface area (Å²) >= 11 is 0. The smallest absolute Gasteiger partial charge is 0.225 e. The number of nitrogens with two attached hydrogens (primary N) is 1. The summed E-state index contributed by atoms with van der Waals surface area (Å²) in [4.78, 5) is 19.0. The third-order valence-electron chi connectivity index (χ3n) is 6.33. The topological polar surface area (TPSA) is 77.7 Å². The Bertz CT molecular complexity index is 1090. The van der Waals surface area contributed by atoms with Gasteiger partial charge in [-0.2, -0.15) is 0 Å². The molecule has 2 heterocycles. The molecule has 0 aliphatic carbocycles. The van der Waals surface area contributed by atoms with Gasteiger partial charge in [0.1, 0.15) is 11.5 Å². The first-order valence-corrected chi connectivity index (χ1v) is 10.8. The predicted molar refractivity (Wildman–Crippen MR) is 124 cm³/mol. The van der Waals surface area contributed by atoms with Crippen molar-refractivity contribution in [3.63, 3.8) is 0 Å². The van der Waals surface area contributed by atoms with E-state index in [4.69, 9.17) is 15.2 Å². The fraction of sp³-hybridized carbons (Fsp3) is 0.308. The molecule has 0 spiro atoms. The van der Waals surface area contributed by atoms with Crippen LogP contribution in [0.15, 0.2) is 67.0 Å². The van der Waals surface area contributed by atoms with E-state index in [0.717, 1.165) is 46.7 Å². The summed E-state index contributed by atoms with van der Waals surface area (Å²) in [6, 6.07) is 18.1. The van der Waals surface area contributed by atoms with E-state index in [2.05, 4.69) is 28.1 Å². The number of nitrogens with zero attached hydrogens (tertiary/aromatic N) is 2. The molecule has 4 rings (SSSR count). The van der Waals surface area contributed by atoms with Crippen molar-refractivity contribution in [3.8, 4) is 22.6 Å². The number of carbonyl (C=O) groups excluding carboxylic acids is 1. The van der Waals surface area contributed by atoms with Crippen LogP contribution in [0.4, 0.5) is 0 Å². The lowest BCUT2D eigenvalue weighted by Gasteiger charge is -2.27. The van der Waals surface area contributed by atoms with Gasteiger partial charge in [0.15, 0.2) is 0 Å². The Kier molecular flexibility index (Phi) is 6.42. The molecule has 6 nitrogen and oxygen atoms in total. The molecule has 1 fully saturated rings. The zero-order valence-corrected chi connectivity index (χ0v) is 18.6. The van der Waals surface area contributed by atoms with Crippen molar-refractivity contribution in [2.24, 2.45) is 11.1 Å². The van der Waals surface area contributed by atoms with E-state index in [1.54, 1.807) is 26.6 Å². The van der Waals surface area contributed by atoms with Crippen LogP contribution in [0, 0.1) is 5.41 Å². The number of likely N-dealkylation sites (tertiary alicyclic amines) is 1. The minimum absolute atomic E-state index is 0.240. The predicted octanol–water partition coefficient (Wildman–Crippen LogP) is 3.69. The minimum atomic E-state index is -0.587. The van der Waals surface area contributed by atoms with Gasteiger partial charge in [0.25, 0.3) is 0 Å². The number of amides is 1. The molecule has 3 aromatic rings. The van der Waals surface area contributed by atoms with Crippen LogP contribution in [0.1, 0.15) is 17.5 Å². The molecule has 1 aliphatic rings. The van der Waals surface area contributed by atoms with Gasteiger partial charge in [-0.1, -0.05) is 30.3 Å². The Balaban J connectivity index is 1.52. The lowest BCUT2D eigenvalue weighted by atomic mass is 9.79. The second kappa shape index (κ2) is 9.40. The normalized spacial score (nSPS) is 18.4. The maximum atomic E-state index is 12.6. The van der Waals surface area contributed by atoms with Crippen LogP contribution in [0.2, 0.25) is 0 Å². The Morgan fingerprint density at radius 3 is 2.59 bits per heavy atom. The third-order valence-corrected chi connectivity index (χ3v) is 6.33. The third kappa shape index (κ3) is 4.60. The second-order valence-electron chi connectivity index (χ2n) is 8.40. The summed E-state index contributed by atoms with van der Waals surface area (Å²) < 4.78 is 10.8. The van der Waals surface area contributed by atoms with E-state index in [9.17, 15) is 4.79 Å². The Morgan fingerprint density at radius 2 is 1.88 bits per heavy atom. The Hall–Kier alpha value is -3.38. The van der Waals surface area contributed by atoms with Crippen molar-refractivity contribution in [2.45, 2.75) is 19.4 Å². The number of pyridine rings is 1. The van der Waals surface area contributed by atoms with Gasteiger partial charge in [-0.05, 0) is 54.3 Å². The summed E-state index contributed by atoms with van der Waals surface area (Å²) in [5.41, 5.74) is 9.77. The molecule has 1 aromatic heterocycles. The van der Waals surface area contributed by atoms with Crippen molar-refractivity contribution in [3.05, 3.63) is 78.1 Å². The molecule has 1 aliphatic heterocycles. The molecule has 6 heteroatoms. The first-order chi connectivity index (χ1) is 15.5. The van der Waals surface area contributed by atoms with E-state index in [1.807, 2.05) is 36.4 Å². The van der Waals surface area contributed by atoms with E-state index >= 15 is 0 Å². The van der Waals surface area contributed by atoms with Gasteiger partial charge in [-0.15, -0.1) is 0 Å². The summed E-state index contributed by atoms with van der Waals surface area (Å²) in [6.07, 6.45) is 4.93. The summed E-state index contributed by atoms with van der Waals surface area (Å²) in [5, 5.41) is 0. The van der Waals surface area contributed by atoms with Crippen molar-refractivity contribution in [2.75, 3.05) is 27.3 Å². The van der Waals surface area contributed by atoms with Gasteiger partial charge in [-0.25, -0.2) is 0 Å². The first kappa shape index (κ1) is 21.8. The van der Waals surface area contributed by atoms with Crippen molar-refractivity contribution in [1.29, 1.82) is 0 Å². The van der Waals surface area contributed by atoms with Crippen molar-refractivity contribution in [1.82, 2.24) is 9.88 Å². The van der Waals surface area contributed by atoms with Crippen LogP contribution < -0.4 is 15.2 Å². The standard InChI is InChI=1S/C26H29N3O3/c1-31-23-7-6-22(24(15-23)32-2)17-29-13-10-26(18-29,25(27)30)16-19-4-3-5-21(14-19)20-8-11-28-12-9-20/h3-9,11-12,14-15H,10,13,16-18H2,1-2H3,(H2,27,30)/t26-/m0/s1. The number of hydrogen-bond acceptors (Lipinski definition) is 5. The largest absolute Gasteiger partial charge is 0.497 e. The summed E-state index contributed by atoms with van der Waals surface area (Å²) in [5.74, 6) is 1.30. The minimum Gasteiger partial charge on any atom is -0.497 e. The molecule has 2 aromatic carbocycles. The maximum absolute atomic E-state index is 12.6. The highest BCUT2D eigenvalue weighted by atomic mass is 16.5. The zero-order chi connectivity index (χ0) is 22.6. The molecule has 1 atom stereocenters. The van der Waals surface area contributed by atoms with Crippen LogP contribution in [0.3, 0.4) is 0 Å². The number of methoxy groups -OCH3 is 2. The van der Waals surface area contributed by atoms with Gasteiger partial charge in [0.2, 0.25) is 5.91 Å². The molecule has 0 radical (unpaired) electrons. The molecule has 0 saturated carbocycles. The van der Waals surface area contributed by atoms with Gasteiger partial charge >= 0.3 is 0 Å². The van der Waals surface area contributed by atoms with E-state index in [0.29, 0.717) is 19.5 Å². The first-order valence-electron chi connectivity index (χ1n) is 10.8. The van der Waals surface area contributed by atoms with Crippen LogP contribution in [-0.4, -0.2) is 43.1 Å². The lowest BCUT2D eigenvalue weighted by molar-refractivity contribution is -0.127. The number of ether oxygens (including phenoxy) is 2. The SMILES string of the molecule is COc1ccc(CN2CC[C@@](Cc3cccc(-c4ccncc4)c3)(C(N)=O)C2)c(OC)c1. The van der Waals surface area contributed by atoms with Gasteiger partial charge in [0.05, 0.1) is 19.6 Å². The zero-order valence-electron chi connectivity index (χ0n) is 18.6. The van der Waals surface area contributed by atoms with Crippen LogP contribution in [-0.2, 0) is 17.8 Å². The van der Waals surface area contributed by atoms with Gasteiger partial charge in [0, 0.05) is 37.1 Å². The molecule has 32 heavy (non-hydrogen) atoms. The Labute approximate surface area is 189 Å². The molecule has 166 valence electrons. The van der Waals surface area contributed by atoms with Crippen molar-refractivity contribution >= 4 is 5.91 Å². The quantitative estimate of drug-likeness (QED) is 0.589. The van der Waals surface area contributed by atoms with Gasteiger partial charge in [-0.3, -0.25) is 14.7 Å². The summed E-state index contributed by atoms with van der Waals surface area (Å²) in [6.45, 7) is 2.12. The lowest BCUT2D eigenvalue weighted by Crippen LogP contribution is -2.41. The molecule has 1 saturated heterocycles. The number of benzene rings is 2. The fourth-order valence-corrected chi connectivity index (χ4v) is 4.55. The molecule has 1 amide bonds. The van der Waals surface area contributed by atoms with E-state index in [-0.39, 0.29) is 5.91 Å². The number of hydrogen-bond donors (Lipinski definition) is 1. The second-order valence-corrected chi connectivity index (χ2v) is 8.40. The summed E-state index contributed by atoms with van der Waals surface area (Å²) in [7, 11) is 3.30. The average molecular weight is 432 g/mol. The fourth-order valence-electron chi connectivity index (χ4n) is 4.55. The number of aromatic nitrogens is 1. The highest BCUT2D eigenvalue weighted by Crippen LogP contribution is 2.37. The molecule has 0 unspecified atom stereocenters. The van der Waals surface area contributed by atoms with Crippen LogP contribution in [0.25, 0.3) is 11.1 Å². The van der Waals surface area contributed by atoms with Crippen molar-refractivity contribution < 1.29 is 14.3 Å². The highest BCUT2D eigenvalue weighted by molar-refractivity contribution is 5.82. The molecule has 2 N–H and O–H groups in total. The van der Waals surface area contributed by atoms with E-state index in [1.165, 1.54) is 0 Å². The Morgan fingerprint density at radius 1 is 1.06 bits per heavy atom. The number of carbonyl (C=O) groups is 1. The molecule has 0 bridgehead atoms. The molecular weight excluding hydrogens is 402 g/mol. The molecular formula is C26H29N3O3. The maximum Gasteiger partial charge on any atom is 0.225 e. The average Bonchev–Trinajstić information content (AvgIpc) is 3.24. The van der Waals surface area contributed by atoms with Crippen LogP contribution in [0.5, 0.6) is 11.5 Å². The number of rotatable bonds is 8. The number of primary amides is 1.